The smallest absolute Gasteiger partial charge is 0.264 e. The van der Waals surface area contributed by atoms with Crippen molar-refractivity contribution in [3.63, 3.8) is 0 Å². The lowest BCUT2D eigenvalue weighted by Crippen LogP contribution is -2.15. The molecule has 0 aromatic heterocycles. The Bertz CT molecular complexity index is 247. The van der Waals surface area contributed by atoms with E-state index in [0.29, 0.717) is 0 Å². The van der Waals surface area contributed by atoms with Gasteiger partial charge in [0.2, 0.25) is 0 Å². The molecule has 2 aliphatic carbocycles. The molecule has 0 N–H and O–H groups in total. The lowest BCUT2D eigenvalue weighted by molar-refractivity contribution is 0.204. The highest BCUT2D eigenvalue weighted by atomic mass is 32.2. The Kier molecular flexibility index (Phi) is 1.51. The molecule has 3 nitrogen and oxygen atoms in total. The maximum atomic E-state index is 10.7. The van der Waals surface area contributed by atoms with Gasteiger partial charge < -0.3 is 0 Å². The summed E-state index contributed by atoms with van der Waals surface area (Å²) in [4.78, 5) is 0. The summed E-state index contributed by atoms with van der Waals surface area (Å²) < 4.78 is 26.2. The van der Waals surface area contributed by atoms with Gasteiger partial charge in [-0.05, 0) is 31.1 Å². The molecule has 11 heavy (non-hydrogen) atoms. The normalized spacial score (nSPS) is 42.1. The summed E-state index contributed by atoms with van der Waals surface area (Å²) in [6, 6.07) is 0. The maximum absolute atomic E-state index is 10.7. The standard InChI is InChI=1S/C7H12O3S/c1-11(8,9)10-7-3-5-2-6(5)4-7/h5-7H,2-4H2,1H3. The van der Waals surface area contributed by atoms with Gasteiger partial charge in [-0.25, -0.2) is 0 Å². The summed E-state index contributed by atoms with van der Waals surface area (Å²) in [5, 5.41) is 0. The third kappa shape index (κ3) is 1.73. The summed E-state index contributed by atoms with van der Waals surface area (Å²) in [5.41, 5.74) is 0. The highest BCUT2D eigenvalue weighted by Gasteiger charge is 2.47. The van der Waals surface area contributed by atoms with E-state index >= 15 is 0 Å². The molecule has 0 heterocycles. The van der Waals surface area contributed by atoms with Gasteiger partial charge in [0.25, 0.3) is 10.1 Å². The predicted molar refractivity (Wildman–Crippen MR) is 40.5 cm³/mol. The topological polar surface area (TPSA) is 43.4 Å². The van der Waals surface area contributed by atoms with Gasteiger partial charge in [0.1, 0.15) is 0 Å². The van der Waals surface area contributed by atoms with Crippen LogP contribution in [0.1, 0.15) is 19.3 Å². The monoisotopic (exact) mass is 176 g/mol. The highest BCUT2D eigenvalue weighted by molar-refractivity contribution is 7.86. The first-order chi connectivity index (χ1) is 5.04. The Hall–Kier alpha value is -0.0900. The van der Waals surface area contributed by atoms with Crippen LogP contribution in [0.2, 0.25) is 0 Å². The van der Waals surface area contributed by atoms with E-state index in [1.54, 1.807) is 0 Å². The number of hydrogen-bond donors (Lipinski definition) is 0. The first-order valence-electron chi connectivity index (χ1n) is 3.93. The third-order valence-electron chi connectivity index (χ3n) is 2.51. The maximum Gasteiger partial charge on any atom is 0.264 e. The molecule has 0 bridgehead atoms. The van der Waals surface area contributed by atoms with E-state index in [1.807, 2.05) is 0 Å². The molecule has 2 saturated carbocycles. The van der Waals surface area contributed by atoms with E-state index in [9.17, 15) is 8.42 Å². The van der Waals surface area contributed by atoms with Crippen LogP contribution in [0.15, 0.2) is 0 Å². The molecule has 2 unspecified atom stereocenters. The molecule has 0 radical (unpaired) electrons. The molecule has 64 valence electrons. The van der Waals surface area contributed by atoms with Gasteiger partial charge in [-0.15, -0.1) is 0 Å². The van der Waals surface area contributed by atoms with Crippen LogP contribution in [-0.2, 0) is 14.3 Å². The van der Waals surface area contributed by atoms with E-state index in [-0.39, 0.29) is 6.10 Å². The van der Waals surface area contributed by atoms with Gasteiger partial charge in [-0.2, -0.15) is 8.42 Å². The summed E-state index contributed by atoms with van der Waals surface area (Å²) in [5.74, 6) is 1.56. The largest absolute Gasteiger partial charge is 0.267 e. The zero-order valence-corrected chi connectivity index (χ0v) is 7.30. The molecule has 0 spiro atoms. The van der Waals surface area contributed by atoms with E-state index in [1.165, 1.54) is 6.42 Å². The first-order valence-corrected chi connectivity index (χ1v) is 5.74. The van der Waals surface area contributed by atoms with Gasteiger partial charge in [-0.3, -0.25) is 4.18 Å². The van der Waals surface area contributed by atoms with Crippen LogP contribution in [0.3, 0.4) is 0 Å². The summed E-state index contributed by atoms with van der Waals surface area (Å²) in [6.45, 7) is 0. The molecule has 0 aromatic rings. The third-order valence-corrected chi connectivity index (χ3v) is 3.13. The summed E-state index contributed by atoms with van der Waals surface area (Å²) >= 11 is 0. The van der Waals surface area contributed by atoms with Gasteiger partial charge in [0.05, 0.1) is 12.4 Å². The fraction of sp³-hybridized carbons (Fsp3) is 1.00. The second kappa shape index (κ2) is 2.20. The van der Waals surface area contributed by atoms with Crippen molar-refractivity contribution in [1.82, 2.24) is 0 Å². The second-order valence-electron chi connectivity index (χ2n) is 3.65. The molecule has 4 heteroatoms. The van der Waals surface area contributed by atoms with Crippen LogP contribution in [0.25, 0.3) is 0 Å². The molecular weight excluding hydrogens is 164 g/mol. The molecule has 0 aliphatic heterocycles. The Morgan fingerprint density at radius 1 is 1.18 bits per heavy atom. The second-order valence-corrected chi connectivity index (χ2v) is 5.25. The van der Waals surface area contributed by atoms with E-state index in [0.717, 1.165) is 30.9 Å². The van der Waals surface area contributed by atoms with Crippen LogP contribution in [0, 0.1) is 11.8 Å². The van der Waals surface area contributed by atoms with Crippen molar-refractivity contribution >= 4 is 10.1 Å². The molecule has 0 saturated heterocycles. The van der Waals surface area contributed by atoms with Crippen LogP contribution >= 0.6 is 0 Å². The van der Waals surface area contributed by atoms with E-state index in [4.69, 9.17) is 4.18 Å². The summed E-state index contributed by atoms with van der Waals surface area (Å²) in [7, 11) is -3.21. The molecule has 0 amide bonds. The lowest BCUT2D eigenvalue weighted by atomic mass is 10.2. The summed E-state index contributed by atoms with van der Waals surface area (Å²) in [6.07, 6.45) is 4.32. The zero-order chi connectivity index (χ0) is 8.06. The minimum absolute atomic E-state index is 0.00579. The Balaban J connectivity index is 1.89. The predicted octanol–water partition coefficient (Wildman–Crippen LogP) is 0.761. The Morgan fingerprint density at radius 3 is 2.18 bits per heavy atom. The van der Waals surface area contributed by atoms with Gasteiger partial charge in [-0.1, -0.05) is 0 Å². The van der Waals surface area contributed by atoms with Crippen LogP contribution < -0.4 is 0 Å². The van der Waals surface area contributed by atoms with Crippen LogP contribution in [0.4, 0.5) is 0 Å². The molecule has 0 aromatic carbocycles. The lowest BCUT2D eigenvalue weighted by Gasteiger charge is -2.09. The van der Waals surface area contributed by atoms with Crippen LogP contribution in [-0.4, -0.2) is 20.8 Å². The van der Waals surface area contributed by atoms with Crippen LogP contribution in [0.5, 0.6) is 0 Å². The van der Waals surface area contributed by atoms with Crippen molar-refractivity contribution in [2.24, 2.45) is 11.8 Å². The minimum Gasteiger partial charge on any atom is -0.267 e. The van der Waals surface area contributed by atoms with Gasteiger partial charge >= 0.3 is 0 Å². The molecule has 2 aliphatic rings. The molecule has 2 rings (SSSR count). The Morgan fingerprint density at radius 2 is 1.73 bits per heavy atom. The SMILES string of the molecule is CS(=O)(=O)OC1CC2CC2C1. The quantitative estimate of drug-likeness (QED) is 0.583. The Labute approximate surface area is 66.9 Å². The highest BCUT2D eigenvalue weighted by Crippen LogP contribution is 2.52. The van der Waals surface area contributed by atoms with E-state index in [2.05, 4.69) is 0 Å². The minimum atomic E-state index is -3.21. The number of fused-ring (bicyclic) bond motifs is 1. The van der Waals surface area contributed by atoms with Crippen molar-refractivity contribution in [3.05, 3.63) is 0 Å². The zero-order valence-electron chi connectivity index (χ0n) is 6.49. The fourth-order valence-corrected chi connectivity index (χ4v) is 2.64. The fourth-order valence-electron chi connectivity index (χ4n) is 1.98. The first kappa shape index (κ1) is 7.55. The van der Waals surface area contributed by atoms with Crippen molar-refractivity contribution in [2.45, 2.75) is 25.4 Å². The average Bonchev–Trinajstić information content (AvgIpc) is 2.36. The molecule has 2 fully saturated rings. The van der Waals surface area contributed by atoms with E-state index < -0.39 is 10.1 Å². The van der Waals surface area contributed by atoms with Crippen molar-refractivity contribution < 1.29 is 12.6 Å². The molecule has 2 atom stereocenters. The van der Waals surface area contributed by atoms with Crippen molar-refractivity contribution in [1.29, 1.82) is 0 Å². The van der Waals surface area contributed by atoms with Crippen molar-refractivity contribution in [2.75, 3.05) is 6.26 Å². The average molecular weight is 176 g/mol. The van der Waals surface area contributed by atoms with Crippen molar-refractivity contribution in [3.8, 4) is 0 Å². The number of hydrogen-bond acceptors (Lipinski definition) is 3. The van der Waals surface area contributed by atoms with Gasteiger partial charge in [0.15, 0.2) is 0 Å². The van der Waals surface area contributed by atoms with Gasteiger partial charge in [0, 0.05) is 0 Å². The molecular formula is C7H12O3S. The number of rotatable bonds is 2.